The molecule has 40 heavy (non-hydrogen) atoms. The molecule has 9 nitrogen and oxygen atoms in total. The summed E-state index contributed by atoms with van der Waals surface area (Å²) in [6.07, 6.45) is 9.86. The third-order valence-electron chi connectivity index (χ3n) is 11.6. The lowest BCUT2D eigenvalue weighted by molar-refractivity contribution is -0.163. The van der Waals surface area contributed by atoms with Gasteiger partial charge >= 0.3 is 0 Å². The fourth-order valence-electron chi connectivity index (χ4n) is 9.91. The molecule has 9 N–H and O–H groups in total. The highest BCUT2D eigenvalue weighted by atomic mass is 16.5. The van der Waals surface area contributed by atoms with Gasteiger partial charge in [-0.25, -0.2) is 5.84 Å². The zero-order chi connectivity index (χ0) is 29.5. The van der Waals surface area contributed by atoms with Crippen LogP contribution in [0.4, 0.5) is 11.4 Å². The maximum atomic E-state index is 13.8. The number of rotatable bonds is 7. The highest BCUT2D eigenvalue weighted by Crippen LogP contribution is 2.68. The molecule has 4 aliphatic carbocycles. The van der Waals surface area contributed by atoms with Gasteiger partial charge in [-0.05, 0) is 87.5 Å². The molecule has 7 unspecified atom stereocenters. The maximum Gasteiger partial charge on any atom is 0.157 e. The first-order valence-corrected chi connectivity index (χ1v) is 15.1. The summed E-state index contributed by atoms with van der Waals surface area (Å²) in [4.78, 5) is 13.8. The summed E-state index contributed by atoms with van der Waals surface area (Å²) in [7, 11) is 4.83. The second kappa shape index (κ2) is 11.7. The molecule has 0 aromatic heterocycles. The molecule has 4 saturated carbocycles. The van der Waals surface area contributed by atoms with Crippen LogP contribution in [0.1, 0.15) is 71.6 Å². The van der Waals surface area contributed by atoms with E-state index in [9.17, 15) is 9.90 Å². The smallest absolute Gasteiger partial charge is 0.157 e. The lowest BCUT2D eigenvalue weighted by Gasteiger charge is -2.66. The van der Waals surface area contributed by atoms with E-state index < -0.39 is 0 Å². The topological polar surface area (TPSA) is 163 Å². The van der Waals surface area contributed by atoms with Gasteiger partial charge in [0.1, 0.15) is 11.5 Å². The number of fused-ring (bicyclic) bond motifs is 5. The zero-order valence-corrected chi connectivity index (χ0v) is 25.2. The molecule has 5 rings (SSSR count). The third kappa shape index (κ3) is 4.86. The summed E-state index contributed by atoms with van der Waals surface area (Å²) in [5, 5.41) is 11.5. The van der Waals surface area contributed by atoms with E-state index in [0.717, 1.165) is 44.6 Å². The van der Waals surface area contributed by atoms with Crippen LogP contribution in [-0.4, -0.2) is 50.8 Å². The number of nitrogen functional groups attached to an aromatic ring is 1. The molecule has 0 bridgehead atoms. The number of nitrogens with two attached hydrogens (primary N) is 4. The van der Waals surface area contributed by atoms with E-state index in [4.69, 9.17) is 26.8 Å². The monoisotopic (exact) mass is 559 g/mol. The van der Waals surface area contributed by atoms with Crippen LogP contribution >= 0.6 is 0 Å². The number of carbonyl (C=O) groups is 1. The Bertz CT molecular complexity index is 1070. The molecule has 4 aliphatic rings. The molecular weight excluding hydrogens is 506 g/mol. The van der Waals surface area contributed by atoms with Crippen molar-refractivity contribution < 1.29 is 19.4 Å². The van der Waals surface area contributed by atoms with Gasteiger partial charge in [0.05, 0.1) is 31.6 Å². The maximum absolute atomic E-state index is 13.8. The van der Waals surface area contributed by atoms with E-state index in [1.54, 1.807) is 0 Å². The number of ketones is 1. The van der Waals surface area contributed by atoms with Gasteiger partial charge in [0.2, 0.25) is 0 Å². The van der Waals surface area contributed by atoms with Crippen molar-refractivity contribution in [2.24, 2.45) is 57.7 Å². The molecule has 4 fully saturated rings. The van der Waals surface area contributed by atoms with Crippen LogP contribution in [0.5, 0.6) is 11.5 Å². The van der Waals surface area contributed by atoms with Gasteiger partial charge in [0, 0.05) is 36.1 Å². The van der Waals surface area contributed by atoms with Gasteiger partial charge in [0.15, 0.2) is 5.78 Å². The minimum atomic E-state index is -0.261. The van der Waals surface area contributed by atoms with Crippen LogP contribution < -0.4 is 32.8 Å². The van der Waals surface area contributed by atoms with E-state index in [1.807, 2.05) is 7.11 Å². The molecule has 8 atom stereocenters. The number of hydrogen-bond donors (Lipinski definition) is 5. The lowest BCUT2D eigenvalue weighted by Crippen LogP contribution is -2.69. The van der Waals surface area contributed by atoms with E-state index in [2.05, 4.69) is 19.6 Å². The Morgan fingerprint density at radius 3 is 2.48 bits per heavy atom. The number of anilines is 2. The van der Waals surface area contributed by atoms with Crippen LogP contribution in [0.3, 0.4) is 0 Å². The van der Waals surface area contributed by atoms with Gasteiger partial charge in [-0.15, -0.1) is 0 Å². The Labute approximate surface area is 240 Å². The lowest BCUT2D eigenvalue weighted by atomic mass is 9.41. The van der Waals surface area contributed by atoms with Crippen LogP contribution in [-0.2, 0) is 9.53 Å². The summed E-state index contributed by atoms with van der Waals surface area (Å²) in [5.74, 6) is 8.92. The third-order valence-corrected chi connectivity index (χ3v) is 11.6. The van der Waals surface area contributed by atoms with Gasteiger partial charge in [-0.2, -0.15) is 0 Å². The number of Topliss-reactive ketones (excluding diaryl/α,β-unsaturated/α-hetero) is 1. The van der Waals surface area contributed by atoms with Gasteiger partial charge in [-0.3, -0.25) is 4.79 Å². The number of phenols is 1. The highest BCUT2D eigenvalue weighted by molar-refractivity contribution is 5.88. The molecule has 226 valence electrons. The minimum absolute atomic E-state index is 0.0112. The van der Waals surface area contributed by atoms with Crippen molar-refractivity contribution >= 4 is 17.2 Å². The SMILES string of the molecule is CN.COC[C@@]12CCC(C)CC1CCC1(N)C3CCC(C(=O)CN(N)c4cc(O)cc(OC)c4N)C3(C)CCC12. The number of nitrogens with zero attached hydrogens (tertiary/aromatic N) is 1. The quantitative estimate of drug-likeness (QED) is 0.145. The Hall–Kier alpha value is -2.07. The van der Waals surface area contributed by atoms with Gasteiger partial charge < -0.3 is 36.8 Å². The first-order valence-electron chi connectivity index (χ1n) is 15.1. The van der Waals surface area contributed by atoms with Crippen molar-refractivity contribution in [2.75, 3.05) is 45.2 Å². The number of methoxy groups -OCH3 is 2. The number of aromatic hydroxyl groups is 1. The molecule has 9 heteroatoms. The van der Waals surface area contributed by atoms with Crippen molar-refractivity contribution in [3.63, 3.8) is 0 Å². The molecule has 0 heterocycles. The average molecular weight is 560 g/mol. The van der Waals surface area contributed by atoms with Crippen molar-refractivity contribution in [1.82, 2.24) is 0 Å². The van der Waals surface area contributed by atoms with Crippen molar-refractivity contribution in [3.05, 3.63) is 12.1 Å². The second-order valence-electron chi connectivity index (χ2n) is 13.3. The average Bonchev–Trinajstić information content (AvgIpc) is 3.29. The summed E-state index contributed by atoms with van der Waals surface area (Å²) < 4.78 is 11.2. The van der Waals surface area contributed by atoms with E-state index in [1.165, 1.54) is 57.0 Å². The van der Waals surface area contributed by atoms with Crippen LogP contribution in [0.2, 0.25) is 0 Å². The van der Waals surface area contributed by atoms with Crippen LogP contribution in [0, 0.1) is 40.4 Å². The first kappa shape index (κ1) is 30.9. The molecular formula is C31H53N5O4. The number of phenolic OH excluding ortho intramolecular Hbond substituents is 1. The van der Waals surface area contributed by atoms with Gasteiger partial charge in [0.25, 0.3) is 0 Å². The number of benzene rings is 1. The van der Waals surface area contributed by atoms with E-state index in [-0.39, 0.29) is 40.4 Å². The number of carbonyl (C=O) groups excluding carboxylic acids is 1. The minimum Gasteiger partial charge on any atom is -0.508 e. The Balaban J connectivity index is 0.00000181. The molecule has 0 saturated heterocycles. The molecule has 0 spiro atoms. The predicted molar refractivity (Wildman–Crippen MR) is 160 cm³/mol. The molecule has 0 aliphatic heterocycles. The fourth-order valence-corrected chi connectivity index (χ4v) is 9.91. The van der Waals surface area contributed by atoms with Gasteiger partial charge in [-0.1, -0.05) is 20.3 Å². The summed E-state index contributed by atoms with van der Waals surface area (Å²) in [6.45, 7) is 5.53. The van der Waals surface area contributed by atoms with E-state index >= 15 is 0 Å². The summed E-state index contributed by atoms with van der Waals surface area (Å²) in [5.41, 5.74) is 18.7. The van der Waals surface area contributed by atoms with Crippen molar-refractivity contribution in [3.8, 4) is 11.5 Å². The van der Waals surface area contributed by atoms with E-state index in [0.29, 0.717) is 34.9 Å². The fraction of sp³-hybridized carbons (Fsp3) is 0.774. The highest BCUT2D eigenvalue weighted by Gasteiger charge is 2.67. The second-order valence-corrected chi connectivity index (χ2v) is 13.3. The van der Waals surface area contributed by atoms with Crippen LogP contribution in [0.15, 0.2) is 12.1 Å². The number of hydrogen-bond acceptors (Lipinski definition) is 9. The standard InChI is InChI=1S/C30H48N4O4.CH5N/c1-18-7-11-29(17-37-3)19(13-18)8-12-30(32)25-6-5-21(28(25,2)10-9-26(29)30)23(36)16-34(33)22-14-20(35)15-24(38-4)27(22)31;1-2/h14-15,18-19,21,25-26,35H,5-13,16-17,31-33H2,1-4H3;2H2,1H3/t18?,19?,21?,25?,26?,28?,29-,30?;/m0./s1. The molecule has 0 radical (unpaired) electrons. The van der Waals surface area contributed by atoms with Crippen molar-refractivity contribution in [2.45, 2.75) is 77.2 Å². The molecule has 1 aromatic carbocycles. The normalized spacial score (nSPS) is 38.2. The zero-order valence-electron chi connectivity index (χ0n) is 25.2. The Morgan fingerprint density at radius 1 is 1.07 bits per heavy atom. The molecule has 1 aromatic rings. The summed E-state index contributed by atoms with van der Waals surface area (Å²) >= 11 is 0. The number of ether oxygens (including phenoxy) is 2. The first-order chi connectivity index (χ1) is 19.0. The predicted octanol–water partition coefficient (Wildman–Crippen LogP) is 3.81. The van der Waals surface area contributed by atoms with Crippen LogP contribution in [0.25, 0.3) is 0 Å². The molecule has 0 amide bonds. The Kier molecular flexibility index (Phi) is 9.00. The summed E-state index contributed by atoms with van der Waals surface area (Å²) in [6, 6.07) is 2.91. The largest absolute Gasteiger partial charge is 0.508 e. The Morgan fingerprint density at radius 2 is 1.80 bits per heavy atom. The number of hydrazine groups is 1. The van der Waals surface area contributed by atoms with Crippen molar-refractivity contribution in [1.29, 1.82) is 0 Å².